The average molecular weight is 76.2 g/mol. The Bertz CT molecular complexity index is 159. The van der Waals surface area contributed by atoms with Crippen LogP contribution in [0.3, 0.4) is 0 Å². The fourth-order valence-electron chi connectivity index (χ4n) is 0. The SMILES string of the molecule is [2H]C([2H])([2H])/C=C(\C)C([2H])([2H])[2H]. The average Bonchev–Trinajstić information content (AvgIpc) is 1.56. The lowest BCUT2D eigenvalue weighted by atomic mass is 10.3. The third-order valence-electron chi connectivity index (χ3n) is 0.217. The minimum absolute atomic E-state index is 0.0856. The summed E-state index contributed by atoms with van der Waals surface area (Å²) in [5.41, 5.74) is -0.0856. The lowest BCUT2D eigenvalue weighted by molar-refractivity contribution is 1.36. The molecule has 0 aromatic carbocycles. The zero-order valence-electron chi connectivity index (χ0n) is 9.08. The van der Waals surface area contributed by atoms with Gasteiger partial charge in [0, 0.05) is 8.22 Å². The molecule has 0 aromatic heterocycles. The summed E-state index contributed by atoms with van der Waals surface area (Å²) in [5.74, 6) is 0. The van der Waals surface area contributed by atoms with Gasteiger partial charge in [0.2, 0.25) is 0 Å². The Kier molecular flexibility index (Phi) is 0.281. The minimum atomic E-state index is -2.29. The second-order valence-corrected chi connectivity index (χ2v) is 0.827. The predicted molar refractivity (Wildman–Crippen MR) is 25.1 cm³/mol. The maximum Gasteiger partial charge on any atom is 0.0276 e. The van der Waals surface area contributed by atoms with Crippen molar-refractivity contribution in [2.75, 3.05) is 0 Å². The van der Waals surface area contributed by atoms with Crippen LogP contribution in [0.2, 0.25) is 0 Å². The molecule has 0 rings (SSSR count). The molecule has 0 saturated carbocycles. The molecule has 0 bridgehead atoms. The molecule has 0 unspecified atom stereocenters. The summed E-state index contributed by atoms with van der Waals surface area (Å²) in [5, 5.41) is 0. The van der Waals surface area contributed by atoms with Crippen LogP contribution in [-0.4, -0.2) is 0 Å². The third-order valence-corrected chi connectivity index (χ3v) is 0.217. The second kappa shape index (κ2) is 2.01. The van der Waals surface area contributed by atoms with Crippen LogP contribution < -0.4 is 0 Å². The van der Waals surface area contributed by atoms with E-state index in [1.54, 1.807) is 0 Å². The third kappa shape index (κ3) is 3.74. The van der Waals surface area contributed by atoms with Gasteiger partial charge in [-0.25, -0.2) is 0 Å². The molecule has 0 radical (unpaired) electrons. The largest absolute Gasteiger partial charge is 0.0890 e. The van der Waals surface area contributed by atoms with E-state index >= 15 is 0 Å². The van der Waals surface area contributed by atoms with Crippen molar-refractivity contribution in [1.82, 2.24) is 0 Å². The Labute approximate surface area is 41.9 Å². The highest BCUT2D eigenvalue weighted by Crippen LogP contribution is 1.82. The van der Waals surface area contributed by atoms with Crippen LogP contribution >= 0.6 is 0 Å². The van der Waals surface area contributed by atoms with Crippen molar-refractivity contribution in [3.8, 4) is 0 Å². The van der Waals surface area contributed by atoms with E-state index in [1.165, 1.54) is 6.92 Å². The molecule has 0 aromatic rings. The van der Waals surface area contributed by atoms with Crippen LogP contribution in [0.5, 0.6) is 0 Å². The molecule has 0 saturated heterocycles. The molecule has 30 valence electrons. The van der Waals surface area contributed by atoms with Gasteiger partial charge in [-0.2, -0.15) is 0 Å². The molecule has 0 aliphatic carbocycles. The Morgan fingerprint density at radius 2 is 2.80 bits per heavy atom. The Balaban J connectivity index is 4.49. The molecule has 0 heterocycles. The molecule has 0 atom stereocenters. The zero-order valence-corrected chi connectivity index (χ0v) is 3.08. The molecule has 0 spiro atoms. The van der Waals surface area contributed by atoms with Gasteiger partial charge in [0.15, 0.2) is 0 Å². The van der Waals surface area contributed by atoms with Crippen molar-refractivity contribution in [1.29, 1.82) is 0 Å². The van der Waals surface area contributed by atoms with Crippen LogP contribution in [-0.2, 0) is 0 Å². The van der Waals surface area contributed by atoms with Crippen molar-refractivity contribution in [2.45, 2.75) is 20.6 Å². The van der Waals surface area contributed by atoms with Crippen LogP contribution in [0.4, 0.5) is 0 Å². The normalized spacial score (nSPS) is 35.0. The monoisotopic (exact) mass is 76.1 g/mol. The van der Waals surface area contributed by atoms with Crippen molar-refractivity contribution in [3.63, 3.8) is 0 Å². The van der Waals surface area contributed by atoms with E-state index in [2.05, 4.69) is 0 Å². The smallest absolute Gasteiger partial charge is 0.0276 e. The molecule has 0 nitrogen and oxygen atoms in total. The quantitative estimate of drug-likeness (QED) is 0.387. The molecule has 0 amide bonds. The van der Waals surface area contributed by atoms with Crippen LogP contribution in [0.1, 0.15) is 28.9 Å². The molecule has 0 fully saturated rings. The summed E-state index contributed by atoms with van der Waals surface area (Å²) >= 11 is 0. The minimum Gasteiger partial charge on any atom is -0.0890 e. The van der Waals surface area contributed by atoms with Gasteiger partial charge in [0.05, 0.1) is 0 Å². The molecule has 0 aliphatic rings. The van der Waals surface area contributed by atoms with E-state index in [1.807, 2.05) is 0 Å². The summed E-state index contributed by atoms with van der Waals surface area (Å²) in [4.78, 5) is 0. The van der Waals surface area contributed by atoms with Crippen LogP contribution in [0.15, 0.2) is 11.6 Å². The first-order valence-corrected chi connectivity index (χ1v) is 1.33. The standard InChI is InChI=1S/C5H10/c1-4-5(2)3/h4H,1-3H3/i1D3,2D3/b5-4-. The highest BCUT2D eigenvalue weighted by Gasteiger charge is 1.60. The van der Waals surface area contributed by atoms with E-state index in [-0.39, 0.29) is 5.57 Å². The predicted octanol–water partition coefficient (Wildman–Crippen LogP) is 1.97. The van der Waals surface area contributed by atoms with Crippen molar-refractivity contribution in [3.05, 3.63) is 11.6 Å². The van der Waals surface area contributed by atoms with E-state index in [0.29, 0.717) is 0 Å². The second-order valence-electron chi connectivity index (χ2n) is 0.827. The maximum absolute atomic E-state index is 6.83. The van der Waals surface area contributed by atoms with Gasteiger partial charge in [-0.15, -0.1) is 0 Å². The molecule has 0 heteroatoms. The lowest BCUT2D eigenvalue weighted by Crippen LogP contribution is -1.52. The molecular formula is C5H10. The topological polar surface area (TPSA) is 0 Å². The Hall–Kier alpha value is -0.260. The number of hydrogen-bond acceptors (Lipinski definition) is 0. The van der Waals surface area contributed by atoms with Gasteiger partial charge in [-0.05, 0) is 20.6 Å². The summed E-state index contributed by atoms with van der Waals surface area (Å²) in [6, 6.07) is 0. The first-order chi connectivity index (χ1) is 4.63. The van der Waals surface area contributed by atoms with E-state index in [9.17, 15) is 0 Å². The number of rotatable bonds is 0. The Morgan fingerprint density at radius 1 is 2.00 bits per heavy atom. The maximum atomic E-state index is 6.83. The van der Waals surface area contributed by atoms with E-state index < -0.39 is 13.7 Å². The summed E-state index contributed by atoms with van der Waals surface area (Å²) in [7, 11) is 0. The summed E-state index contributed by atoms with van der Waals surface area (Å²) in [6.07, 6.45) is 0.792. The summed E-state index contributed by atoms with van der Waals surface area (Å²) < 4.78 is 40.7. The van der Waals surface area contributed by atoms with Crippen LogP contribution in [0.25, 0.3) is 0 Å². The van der Waals surface area contributed by atoms with E-state index in [4.69, 9.17) is 8.22 Å². The van der Waals surface area contributed by atoms with Gasteiger partial charge in [0.25, 0.3) is 0 Å². The highest BCUT2D eigenvalue weighted by molar-refractivity contribution is 4.88. The van der Waals surface area contributed by atoms with Gasteiger partial charge in [0.1, 0.15) is 0 Å². The summed E-state index contributed by atoms with van der Waals surface area (Å²) in [6.45, 7) is -3.29. The van der Waals surface area contributed by atoms with Crippen molar-refractivity contribution < 1.29 is 8.22 Å². The molecule has 0 N–H and O–H groups in total. The van der Waals surface area contributed by atoms with Gasteiger partial charge in [-0.3, -0.25) is 0 Å². The molecule has 5 heavy (non-hydrogen) atoms. The van der Waals surface area contributed by atoms with Gasteiger partial charge >= 0.3 is 0 Å². The molecule has 0 aliphatic heterocycles. The fourth-order valence-corrected chi connectivity index (χ4v) is 0. The van der Waals surface area contributed by atoms with Crippen LogP contribution in [0, 0.1) is 0 Å². The highest BCUT2D eigenvalue weighted by atomic mass is 13.7. The fraction of sp³-hybridized carbons (Fsp3) is 0.600. The lowest BCUT2D eigenvalue weighted by Gasteiger charge is -1.74. The first-order valence-electron chi connectivity index (χ1n) is 4.33. The molecular weight excluding hydrogens is 60.1 g/mol. The van der Waals surface area contributed by atoms with E-state index in [0.717, 1.165) is 6.08 Å². The van der Waals surface area contributed by atoms with Crippen molar-refractivity contribution >= 4 is 0 Å². The van der Waals surface area contributed by atoms with Crippen molar-refractivity contribution in [2.24, 2.45) is 0 Å². The zero-order chi connectivity index (χ0) is 9.28. The number of hydrogen-bond donors (Lipinski definition) is 0. The Morgan fingerprint density at radius 3 is 3.00 bits per heavy atom. The van der Waals surface area contributed by atoms with Gasteiger partial charge in [-0.1, -0.05) is 11.6 Å². The number of allylic oxidation sites excluding steroid dienone is 2. The first kappa shape index (κ1) is 0.699. The van der Waals surface area contributed by atoms with Gasteiger partial charge < -0.3 is 0 Å².